The molecule has 0 spiro atoms. The third-order valence-corrected chi connectivity index (χ3v) is 5.05. The smallest absolute Gasteiger partial charge is 0.254 e. The highest BCUT2D eigenvalue weighted by molar-refractivity contribution is 7.10. The maximum absolute atomic E-state index is 12.8. The summed E-state index contributed by atoms with van der Waals surface area (Å²) >= 11 is 1.78. The molecule has 0 radical (unpaired) electrons. The lowest BCUT2D eigenvalue weighted by molar-refractivity contribution is 0.0736. The van der Waals surface area contributed by atoms with E-state index >= 15 is 0 Å². The Kier molecular flexibility index (Phi) is 3.96. The first-order valence-electron chi connectivity index (χ1n) is 7.78. The van der Waals surface area contributed by atoms with Crippen LogP contribution in [0.25, 0.3) is 0 Å². The van der Waals surface area contributed by atoms with Gasteiger partial charge in [-0.05, 0) is 47.7 Å². The number of carbonyl (C=O) groups is 1. The van der Waals surface area contributed by atoms with Crippen LogP contribution in [0.5, 0.6) is 0 Å². The molecule has 3 heterocycles. The first-order chi connectivity index (χ1) is 11.8. The summed E-state index contributed by atoms with van der Waals surface area (Å²) in [5.41, 5.74) is 2.75. The molecule has 5 nitrogen and oxygen atoms in total. The van der Waals surface area contributed by atoms with E-state index in [0.717, 1.165) is 18.7 Å². The number of nitrogens with zero attached hydrogens (tertiary/aromatic N) is 3. The molecule has 1 aliphatic heterocycles. The SMILES string of the molecule is O=C(c1cccc(Nc2ncccn2)c1)N1CCc2sccc2C1. The summed E-state index contributed by atoms with van der Waals surface area (Å²) in [6.07, 6.45) is 4.29. The average molecular weight is 336 g/mol. The van der Waals surface area contributed by atoms with Crippen molar-refractivity contribution in [3.63, 3.8) is 0 Å². The lowest BCUT2D eigenvalue weighted by Gasteiger charge is -2.27. The van der Waals surface area contributed by atoms with Crippen molar-refractivity contribution in [2.75, 3.05) is 11.9 Å². The Morgan fingerprint density at radius 1 is 1.17 bits per heavy atom. The minimum atomic E-state index is 0.0597. The molecule has 2 aromatic heterocycles. The molecule has 3 aromatic rings. The summed E-state index contributed by atoms with van der Waals surface area (Å²) in [6.45, 7) is 1.46. The molecule has 0 saturated carbocycles. The van der Waals surface area contributed by atoms with E-state index in [1.165, 1.54) is 10.4 Å². The molecule has 4 rings (SSSR count). The van der Waals surface area contributed by atoms with E-state index < -0.39 is 0 Å². The van der Waals surface area contributed by atoms with Crippen LogP contribution in [0.3, 0.4) is 0 Å². The van der Waals surface area contributed by atoms with Gasteiger partial charge in [-0.1, -0.05) is 6.07 Å². The van der Waals surface area contributed by atoms with Gasteiger partial charge in [-0.2, -0.15) is 0 Å². The van der Waals surface area contributed by atoms with E-state index in [1.54, 1.807) is 29.8 Å². The first-order valence-corrected chi connectivity index (χ1v) is 8.66. The Hall–Kier alpha value is -2.73. The zero-order valence-corrected chi connectivity index (χ0v) is 13.8. The van der Waals surface area contributed by atoms with E-state index in [1.807, 2.05) is 29.2 Å². The fourth-order valence-corrected chi connectivity index (χ4v) is 3.72. The molecule has 0 aliphatic carbocycles. The van der Waals surface area contributed by atoms with Crippen molar-refractivity contribution in [3.8, 4) is 0 Å². The number of aromatic nitrogens is 2. The highest BCUT2D eigenvalue weighted by atomic mass is 32.1. The number of benzene rings is 1. The van der Waals surface area contributed by atoms with Crippen molar-refractivity contribution >= 4 is 28.9 Å². The largest absolute Gasteiger partial charge is 0.334 e. The highest BCUT2D eigenvalue weighted by Gasteiger charge is 2.22. The molecule has 6 heteroatoms. The third-order valence-electron chi connectivity index (χ3n) is 4.03. The number of nitrogens with one attached hydrogen (secondary N) is 1. The van der Waals surface area contributed by atoms with Crippen molar-refractivity contribution in [1.82, 2.24) is 14.9 Å². The van der Waals surface area contributed by atoms with E-state index in [-0.39, 0.29) is 5.91 Å². The van der Waals surface area contributed by atoms with Crippen LogP contribution in [0, 0.1) is 0 Å². The van der Waals surface area contributed by atoms with Crippen molar-refractivity contribution < 1.29 is 4.79 Å². The van der Waals surface area contributed by atoms with Gasteiger partial charge in [0.1, 0.15) is 0 Å². The van der Waals surface area contributed by atoms with Gasteiger partial charge in [0.05, 0.1) is 0 Å². The monoisotopic (exact) mass is 336 g/mol. The number of hydrogen-bond donors (Lipinski definition) is 1. The topological polar surface area (TPSA) is 58.1 Å². The average Bonchev–Trinajstić information content (AvgIpc) is 3.10. The van der Waals surface area contributed by atoms with Crippen LogP contribution in [-0.2, 0) is 13.0 Å². The van der Waals surface area contributed by atoms with Gasteiger partial charge in [0.15, 0.2) is 0 Å². The van der Waals surface area contributed by atoms with Crippen LogP contribution < -0.4 is 5.32 Å². The molecule has 0 atom stereocenters. The number of anilines is 2. The van der Waals surface area contributed by atoms with Gasteiger partial charge in [0.2, 0.25) is 5.95 Å². The number of rotatable bonds is 3. The summed E-state index contributed by atoms with van der Waals surface area (Å²) in [5, 5.41) is 5.22. The molecule has 1 aliphatic rings. The predicted octanol–water partition coefficient (Wildman–Crippen LogP) is 3.48. The molecule has 0 saturated heterocycles. The van der Waals surface area contributed by atoms with Gasteiger partial charge in [-0.15, -0.1) is 11.3 Å². The molecule has 1 amide bonds. The summed E-state index contributed by atoms with van der Waals surface area (Å²) in [6, 6.07) is 11.4. The highest BCUT2D eigenvalue weighted by Crippen LogP contribution is 2.25. The zero-order chi connectivity index (χ0) is 16.4. The lowest BCUT2D eigenvalue weighted by Crippen LogP contribution is -2.35. The summed E-state index contributed by atoms with van der Waals surface area (Å²) < 4.78 is 0. The molecule has 0 bridgehead atoms. The molecule has 0 unspecified atom stereocenters. The Morgan fingerprint density at radius 3 is 2.92 bits per heavy atom. The molecule has 0 fully saturated rings. The predicted molar refractivity (Wildman–Crippen MR) is 94.5 cm³/mol. The van der Waals surface area contributed by atoms with Crippen LogP contribution in [0.15, 0.2) is 54.2 Å². The maximum Gasteiger partial charge on any atom is 0.254 e. The number of hydrogen-bond acceptors (Lipinski definition) is 5. The van der Waals surface area contributed by atoms with Gasteiger partial charge in [0, 0.05) is 41.6 Å². The fourth-order valence-electron chi connectivity index (χ4n) is 2.83. The van der Waals surface area contributed by atoms with E-state index in [0.29, 0.717) is 18.1 Å². The van der Waals surface area contributed by atoms with Gasteiger partial charge >= 0.3 is 0 Å². The minimum absolute atomic E-state index is 0.0597. The molecule has 24 heavy (non-hydrogen) atoms. The van der Waals surface area contributed by atoms with Gasteiger partial charge in [0.25, 0.3) is 5.91 Å². The van der Waals surface area contributed by atoms with Crippen LogP contribution in [0.2, 0.25) is 0 Å². The van der Waals surface area contributed by atoms with Crippen molar-refractivity contribution in [2.24, 2.45) is 0 Å². The zero-order valence-electron chi connectivity index (χ0n) is 13.0. The second kappa shape index (κ2) is 6.41. The third kappa shape index (κ3) is 3.00. The van der Waals surface area contributed by atoms with Crippen molar-refractivity contribution in [3.05, 3.63) is 70.2 Å². The Labute approximate surface area is 144 Å². The van der Waals surface area contributed by atoms with Gasteiger partial charge in [-0.3, -0.25) is 4.79 Å². The molecule has 120 valence electrons. The number of carbonyl (C=O) groups excluding carboxylic acids is 1. The van der Waals surface area contributed by atoms with Gasteiger partial charge in [-0.25, -0.2) is 9.97 Å². The summed E-state index contributed by atoms with van der Waals surface area (Å²) in [4.78, 5) is 24.4. The number of fused-ring (bicyclic) bond motifs is 1. The number of thiophene rings is 1. The van der Waals surface area contributed by atoms with E-state index in [9.17, 15) is 4.79 Å². The van der Waals surface area contributed by atoms with Crippen LogP contribution in [0.1, 0.15) is 20.8 Å². The fraction of sp³-hybridized carbons (Fsp3) is 0.167. The standard InChI is InChI=1S/C18H16N4OS/c23-17(22-9-5-16-14(12-22)6-10-24-16)13-3-1-4-15(11-13)21-18-19-7-2-8-20-18/h1-4,6-8,10-11H,5,9,12H2,(H,19,20,21). The maximum atomic E-state index is 12.8. The molecular formula is C18H16N4OS. The Balaban J connectivity index is 1.52. The van der Waals surface area contributed by atoms with Crippen molar-refractivity contribution in [2.45, 2.75) is 13.0 Å². The molecule has 1 N–H and O–H groups in total. The number of amides is 1. The lowest BCUT2D eigenvalue weighted by atomic mass is 10.1. The quantitative estimate of drug-likeness (QED) is 0.795. The second-order valence-electron chi connectivity index (χ2n) is 5.62. The second-order valence-corrected chi connectivity index (χ2v) is 6.62. The van der Waals surface area contributed by atoms with E-state index in [4.69, 9.17) is 0 Å². The van der Waals surface area contributed by atoms with Crippen LogP contribution in [0.4, 0.5) is 11.6 Å². The Morgan fingerprint density at radius 2 is 2.04 bits per heavy atom. The van der Waals surface area contributed by atoms with Crippen LogP contribution in [-0.4, -0.2) is 27.3 Å². The summed E-state index contributed by atoms with van der Waals surface area (Å²) in [7, 11) is 0. The summed E-state index contributed by atoms with van der Waals surface area (Å²) in [5.74, 6) is 0.576. The van der Waals surface area contributed by atoms with E-state index in [2.05, 4.69) is 26.7 Å². The van der Waals surface area contributed by atoms with Crippen LogP contribution >= 0.6 is 11.3 Å². The van der Waals surface area contributed by atoms with Gasteiger partial charge < -0.3 is 10.2 Å². The first kappa shape index (κ1) is 14.8. The Bertz CT molecular complexity index is 862. The molecular weight excluding hydrogens is 320 g/mol. The normalized spacial score (nSPS) is 13.4. The van der Waals surface area contributed by atoms with Crippen molar-refractivity contribution in [1.29, 1.82) is 0 Å². The molecule has 1 aromatic carbocycles. The minimum Gasteiger partial charge on any atom is -0.334 e.